The first kappa shape index (κ1) is 19.5. The number of nitrogens with one attached hydrogen (secondary N) is 3. The number of hydrogen-bond acceptors (Lipinski definition) is 2. The van der Waals surface area contributed by atoms with E-state index in [2.05, 4.69) is 10.6 Å². The molecule has 2 atom stereocenters. The number of carbonyl (C=O) groups is 2. The second-order valence-corrected chi connectivity index (χ2v) is 7.39. The van der Waals surface area contributed by atoms with Gasteiger partial charge in [-0.25, -0.2) is 0 Å². The highest BCUT2D eigenvalue weighted by Gasteiger charge is 2.19. The van der Waals surface area contributed by atoms with Crippen molar-refractivity contribution in [2.45, 2.75) is 39.3 Å². The van der Waals surface area contributed by atoms with Crippen LogP contribution in [-0.4, -0.2) is 37.5 Å². The quantitative estimate of drug-likeness (QED) is 0.722. The summed E-state index contributed by atoms with van der Waals surface area (Å²) in [6.45, 7) is 8.22. The van der Waals surface area contributed by atoms with E-state index in [9.17, 15) is 9.59 Å². The van der Waals surface area contributed by atoms with E-state index in [1.165, 1.54) is 0 Å². The Balaban J connectivity index is 2.43. The van der Waals surface area contributed by atoms with E-state index >= 15 is 0 Å². The Bertz CT molecular complexity index is 538. The summed E-state index contributed by atoms with van der Waals surface area (Å²) in [7, 11) is 1.83. The molecule has 0 spiro atoms. The fourth-order valence-electron chi connectivity index (χ4n) is 2.20. The van der Waals surface area contributed by atoms with Crippen molar-refractivity contribution in [3.63, 3.8) is 0 Å². The molecule has 1 rings (SSSR count). The van der Waals surface area contributed by atoms with Crippen LogP contribution in [0.3, 0.4) is 0 Å². The van der Waals surface area contributed by atoms with Crippen LogP contribution in [0.25, 0.3) is 0 Å². The minimum Gasteiger partial charge on any atom is -0.347 e. The van der Waals surface area contributed by atoms with Crippen LogP contribution in [0.5, 0.6) is 0 Å². The first-order valence-electron chi connectivity index (χ1n) is 7.74. The maximum absolute atomic E-state index is 12.1. The summed E-state index contributed by atoms with van der Waals surface area (Å²) < 4.78 is 0. The molecule has 0 saturated heterocycles. The van der Waals surface area contributed by atoms with Gasteiger partial charge in [0.25, 0.3) is 11.8 Å². The van der Waals surface area contributed by atoms with Gasteiger partial charge in [-0.05, 0) is 45.4 Å². The molecule has 2 amide bonds. The van der Waals surface area contributed by atoms with E-state index in [1.54, 1.807) is 12.1 Å². The van der Waals surface area contributed by atoms with E-state index in [0.717, 1.165) is 10.5 Å². The average molecular weight is 341 g/mol. The van der Waals surface area contributed by atoms with E-state index in [0.29, 0.717) is 5.02 Å². The fraction of sp³-hybridized carbons (Fsp3) is 0.529. The number of halogens is 1. The molecule has 0 saturated carbocycles. The predicted molar refractivity (Wildman–Crippen MR) is 92.5 cm³/mol. The lowest BCUT2D eigenvalue weighted by molar-refractivity contribution is -0.862. The summed E-state index contributed by atoms with van der Waals surface area (Å²) in [5.41, 5.74) is 0.730. The van der Waals surface area contributed by atoms with Crippen molar-refractivity contribution < 1.29 is 14.5 Å². The number of amides is 2. The molecular formula is C17H27ClN3O2+. The highest BCUT2D eigenvalue weighted by molar-refractivity contribution is 6.30. The second-order valence-electron chi connectivity index (χ2n) is 6.95. The first-order valence-corrected chi connectivity index (χ1v) is 8.12. The monoisotopic (exact) mass is 340 g/mol. The third-order valence-corrected chi connectivity index (χ3v) is 3.44. The van der Waals surface area contributed by atoms with Gasteiger partial charge in [-0.2, -0.15) is 0 Å². The van der Waals surface area contributed by atoms with Gasteiger partial charge in [0, 0.05) is 10.6 Å². The molecule has 0 heterocycles. The van der Waals surface area contributed by atoms with Gasteiger partial charge in [0.2, 0.25) is 0 Å². The van der Waals surface area contributed by atoms with Crippen molar-refractivity contribution in [3.8, 4) is 0 Å². The van der Waals surface area contributed by atoms with Crippen LogP contribution in [0.15, 0.2) is 24.3 Å². The smallest absolute Gasteiger partial charge is 0.275 e. The minimum absolute atomic E-state index is 0.0615. The van der Waals surface area contributed by atoms with Gasteiger partial charge in [-0.15, -0.1) is 0 Å². The zero-order valence-corrected chi connectivity index (χ0v) is 15.3. The Morgan fingerprint density at radius 2 is 1.65 bits per heavy atom. The molecule has 0 radical (unpaired) electrons. The van der Waals surface area contributed by atoms with Crippen LogP contribution in [-0.2, 0) is 9.59 Å². The Morgan fingerprint density at radius 3 is 2.17 bits per heavy atom. The molecule has 128 valence electrons. The Kier molecular flexibility index (Phi) is 7.03. The Hall–Kier alpha value is -1.59. The average Bonchev–Trinajstić information content (AvgIpc) is 2.36. The van der Waals surface area contributed by atoms with Crippen molar-refractivity contribution in [1.29, 1.82) is 0 Å². The van der Waals surface area contributed by atoms with Crippen molar-refractivity contribution in [2.24, 2.45) is 0 Å². The lowest BCUT2D eigenvalue weighted by Gasteiger charge is -2.22. The topological polar surface area (TPSA) is 62.6 Å². The molecule has 1 aromatic rings. The largest absolute Gasteiger partial charge is 0.347 e. The summed E-state index contributed by atoms with van der Waals surface area (Å²) in [6, 6.07) is 7.28. The number of benzene rings is 1. The van der Waals surface area contributed by atoms with Gasteiger partial charge in [0.1, 0.15) is 0 Å². The molecule has 1 unspecified atom stereocenters. The molecular weight excluding hydrogens is 314 g/mol. The molecule has 0 aromatic heterocycles. The van der Waals surface area contributed by atoms with Crippen LogP contribution in [0, 0.1) is 0 Å². The van der Waals surface area contributed by atoms with Gasteiger partial charge in [-0.1, -0.05) is 23.7 Å². The van der Waals surface area contributed by atoms with Gasteiger partial charge in [0.05, 0.1) is 13.1 Å². The van der Waals surface area contributed by atoms with Crippen LogP contribution < -0.4 is 15.5 Å². The molecule has 6 heteroatoms. The van der Waals surface area contributed by atoms with Crippen LogP contribution >= 0.6 is 11.6 Å². The van der Waals surface area contributed by atoms with E-state index < -0.39 is 0 Å². The fourth-order valence-corrected chi connectivity index (χ4v) is 2.33. The second kappa shape index (κ2) is 8.31. The molecule has 23 heavy (non-hydrogen) atoms. The molecule has 0 fully saturated rings. The Labute approximate surface area is 143 Å². The van der Waals surface area contributed by atoms with E-state index in [1.807, 2.05) is 46.9 Å². The molecule has 0 aliphatic heterocycles. The van der Waals surface area contributed by atoms with E-state index in [-0.39, 0.29) is 36.5 Å². The molecule has 1 aromatic carbocycles. The standard InChI is InChI=1S/C17H26ClN3O2/c1-12(13-6-8-14(18)9-7-13)19-15(22)10-21(5)11-16(23)20-17(2,3)4/h6-9,12H,10-11H2,1-5H3,(H,19,22)(H,20,23)/p+1/t12-/m0/s1. The first-order chi connectivity index (χ1) is 10.6. The molecule has 5 nitrogen and oxygen atoms in total. The van der Waals surface area contributed by atoms with Gasteiger partial charge in [0.15, 0.2) is 13.1 Å². The third kappa shape index (κ3) is 8.00. The highest BCUT2D eigenvalue weighted by Crippen LogP contribution is 2.15. The maximum Gasteiger partial charge on any atom is 0.275 e. The highest BCUT2D eigenvalue weighted by atomic mass is 35.5. The molecule has 0 bridgehead atoms. The van der Waals surface area contributed by atoms with Crippen molar-refractivity contribution in [3.05, 3.63) is 34.9 Å². The lowest BCUT2D eigenvalue weighted by atomic mass is 10.1. The van der Waals surface area contributed by atoms with Crippen molar-refractivity contribution in [2.75, 3.05) is 20.1 Å². The number of rotatable bonds is 6. The lowest BCUT2D eigenvalue weighted by Crippen LogP contribution is -3.11. The summed E-state index contributed by atoms with van der Waals surface area (Å²) in [6.07, 6.45) is 0. The van der Waals surface area contributed by atoms with E-state index in [4.69, 9.17) is 11.6 Å². The van der Waals surface area contributed by atoms with Crippen LogP contribution in [0.2, 0.25) is 5.02 Å². The molecule has 3 N–H and O–H groups in total. The normalized spacial score (nSPS) is 14.0. The maximum atomic E-state index is 12.1. The van der Waals surface area contributed by atoms with Gasteiger partial charge >= 0.3 is 0 Å². The van der Waals surface area contributed by atoms with Crippen molar-refractivity contribution in [1.82, 2.24) is 10.6 Å². The molecule has 0 aliphatic carbocycles. The SMILES string of the molecule is C[C@H](NC(=O)C[NH+](C)CC(=O)NC(C)(C)C)c1ccc(Cl)cc1. The predicted octanol–water partition coefficient (Wildman–Crippen LogP) is 0.947. The summed E-state index contributed by atoms with van der Waals surface area (Å²) in [4.78, 5) is 24.8. The molecule has 0 aliphatic rings. The number of hydrogen-bond donors (Lipinski definition) is 3. The number of carbonyl (C=O) groups excluding carboxylic acids is 2. The van der Waals surface area contributed by atoms with Gasteiger partial charge < -0.3 is 15.5 Å². The number of likely N-dealkylation sites (N-methyl/N-ethyl adjacent to an activating group) is 1. The Morgan fingerprint density at radius 1 is 1.13 bits per heavy atom. The summed E-state index contributed by atoms with van der Waals surface area (Å²) in [5.74, 6) is -0.151. The van der Waals surface area contributed by atoms with Crippen LogP contribution in [0.1, 0.15) is 39.3 Å². The van der Waals surface area contributed by atoms with Crippen molar-refractivity contribution >= 4 is 23.4 Å². The minimum atomic E-state index is -0.261. The zero-order valence-electron chi connectivity index (χ0n) is 14.5. The zero-order chi connectivity index (χ0) is 17.6. The summed E-state index contributed by atoms with van der Waals surface area (Å²) in [5, 5.41) is 6.49. The van der Waals surface area contributed by atoms with Crippen LogP contribution in [0.4, 0.5) is 0 Å². The number of quaternary nitrogens is 1. The van der Waals surface area contributed by atoms with Gasteiger partial charge in [-0.3, -0.25) is 9.59 Å². The summed E-state index contributed by atoms with van der Waals surface area (Å²) >= 11 is 5.86. The third-order valence-electron chi connectivity index (χ3n) is 3.19.